The largest absolute Gasteiger partial charge is 0.325 e. The average molecular weight is 352 g/mol. The molecule has 26 heavy (non-hydrogen) atoms. The van der Waals surface area contributed by atoms with Crippen molar-refractivity contribution < 1.29 is 9.59 Å². The van der Waals surface area contributed by atoms with Crippen LogP contribution >= 0.6 is 0 Å². The minimum atomic E-state index is -1.18. The number of rotatable bonds is 6. The van der Waals surface area contributed by atoms with E-state index in [1.807, 2.05) is 61.5 Å². The van der Waals surface area contributed by atoms with Crippen molar-refractivity contribution in [1.82, 2.24) is 0 Å². The van der Waals surface area contributed by atoms with Crippen molar-refractivity contribution in [2.24, 2.45) is 5.41 Å². The molecule has 2 amide bonds. The summed E-state index contributed by atoms with van der Waals surface area (Å²) in [5.74, 6) is -0.0987. The Morgan fingerprint density at radius 1 is 1.00 bits per heavy atom. The lowest BCUT2D eigenvalue weighted by Gasteiger charge is -2.30. The van der Waals surface area contributed by atoms with Crippen LogP contribution in [0.5, 0.6) is 0 Å². The lowest BCUT2D eigenvalue weighted by molar-refractivity contribution is -0.136. The smallest absolute Gasteiger partial charge is 0.242 e. The molecule has 0 atom stereocenters. The highest BCUT2D eigenvalue weighted by molar-refractivity contribution is 6.14. The number of anilines is 2. The number of nitrogens with one attached hydrogen (secondary N) is 1. The van der Waals surface area contributed by atoms with Gasteiger partial charge in [0.15, 0.2) is 0 Å². The summed E-state index contributed by atoms with van der Waals surface area (Å²) in [4.78, 5) is 27.5. The Morgan fingerprint density at radius 3 is 2.08 bits per heavy atom. The van der Waals surface area contributed by atoms with Gasteiger partial charge < -0.3 is 10.2 Å². The highest BCUT2D eigenvalue weighted by Gasteiger charge is 2.39. The number of nitrogens with zero attached hydrogens (tertiary/aromatic N) is 1. The Hall–Kier alpha value is -2.62. The standard InChI is InChI=1S/C22H28N2O2/c1-6-24(19-10-8-7-9-11-19)21(26)22(4,5)20(25)23-18-14-12-17(13-15-18)16(2)3/h7-16H,6H2,1-5H3,(H,23,25). The SMILES string of the molecule is CCN(C(=O)C(C)(C)C(=O)Nc1ccc(C(C)C)cc1)c1ccccc1. The number of carbonyl (C=O) groups excluding carboxylic acids is 2. The number of carbonyl (C=O) groups is 2. The highest BCUT2D eigenvalue weighted by Crippen LogP contribution is 2.26. The highest BCUT2D eigenvalue weighted by atomic mass is 16.2. The molecule has 2 rings (SSSR count). The molecule has 0 bridgehead atoms. The van der Waals surface area contributed by atoms with Gasteiger partial charge in [0.1, 0.15) is 5.41 Å². The van der Waals surface area contributed by atoms with Crippen molar-refractivity contribution >= 4 is 23.2 Å². The summed E-state index contributed by atoms with van der Waals surface area (Å²) in [7, 11) is 0. The van der Waals surface area contributed by atoms with Gasteiger partial charge in [-0.25, -0.2) is 0 Å². The average Bonchev–Trinajstić information content (AvgIpc) is 2.63. The van der Waals surface area contributed by atoms with E-state index in [1.54, 1.807) is 18.7 Å². The summed E-state index contributed by atoms with van der Waals surface area (Å²) in [5.41, 5.74) is 1.52. The van der Waals surface area contributed by atoms with Gasteiger partial charge in [0.25, 0.3) is 0 Å². The Labute approximate surface area is 156 Å². The van der Waals surface area contributed by atoms with Gasteiger partial charge >= 0.3 is 0 Å². The summed E-state index contributed by atoms with van der Waals surface area (Å²) >= 11 is 0. The topological polar surface area (TPSA) is 49.4 Å². The van der Waals surface area contributed by atoms with Crippen molar-refractivity contribution in [2.75, 3.05) is 16.8 Å². The fourth-order valence-corrected chi connectivity index (χ4v) is 2.72. The van der Waals surface area contributed by atoms with E-state index >= 15 is 0 Å². The fourth-order valence-electron chi connectivity index (χ4n) is 2.72. The normalized spacial score (nSPS) is 11.3. The third-order valence-corrected chi connectivity index (χ3v) is 4.57. The van der Waals surface area contributed by atoms with Crippen LogP contribution in [0.3, 0.4) is 0 Å². The molecule has 0 saturated heterocycles. The first-order valence-electron chi connectivity index (χ1n) is 9.05. The Morgan fingerprint density at radius 2 is 1.58 bits per heavy atom. The van der Waals surface area contributed by atoms with Gasteiger partial charge in [-0.05, 0) is 56.5 Å². The molecule has 0 saturated carbocycles. The zero-order chi connectivity index (χ0) is 19.3. The van der Waals surface area contributed by atoms with Gasteiger partial charge in [-0.3, -0.25) is 9.59 Å². The molecule has 4 nitrogen and oxygen atoms in total. The monoisotopic (exact) mass is 352 g/mol. The van der Waals surface area contributed by atoms with Crippen molar-refractivity contribution in [2.45, 2.75) is 40.5 Å². The molecule has 0 aliphatic rings. The van der Waals surface area contributed by atoms with Gasteiger partial charge in [-0.1, -0.05) is 44.2 Å². The van der Waals surface area contributed by atoms with E-state index in [0.29, 0.717) is 18.2 Å². The molecule has 0 radical (unpaired) electrons. The summed E-state index contributed by atoms with van der Waals surface area (Å²) in [6.07, 6.45) is 0. The zero-order valence-corrected chi connectivity index (χ0v) is 16.2. The Bertz CT molecular complexity index is 749. The predicted octanol–water partition coefficient (Wildman–Crippen LogP) is 4.83. The minimum Gasteiger partial charge on any atom is -0.325 e. The molecule has 0 aliphatic carbocycles. The van der Waals surface area contributed by atoms with Crippen LogP contribution in [0.1, 0.15) is 46.1 Å². The zero-order valence-electron chi connectivity index (χ0n) is 16.2. The molecule has 0 fully saturated rings. The maximum atomic E-state index is 13.0. The first-order valence-corrected chi connectivity index (χ1v) is 9.05. The fraction of sp³-hybridized carbons (Fsp3) is 0.364. The first kappa shape index (κ1) is 19.7. The van der Waals surface area contributed by atoms with Crippen LogP contribution in [0.25, 0.3) is 0 Å². The van der Waals surface area contributed by atoms with Gasteiger partial charge in [-0.2, -0.15) is 0 Å². The molecule has 1 N–H and O–H groups in total. The van der Waals surface area contributed by atoms with Crippen LogP contribution in [0, 0.1) is 5.41 Å². The van der Waals surface area contributed by atoms with Crippen molar-refractivity contribution in [3.05, 3.63) is 60.2 Å². The van der Waals surface area contributed by atoms with E-state index in [-0.39, 0.29) is 11.8 Å². The van der Waals surface area contributed by atoms with Crippen LogP contribution < -0.4 is 10.2 Å². The van der Waals surface area contributed by atoms with E-state index in [1.165, 1.54) is 5.56 Å². The van der Waals surface area contributed by atoms with Gasteiger partial charge in [0.2, 0.25) is 11.8 Å². The first-order chi connectivity index (χ1) is 12.3. The third-order valence-electron chi connectivity index (χ3n) is 4.57. The molecule has 4 heteroatoms. The van der Waals surface area contributed by atoms with E-state index in [0.717, 1.165) is 5.69 Å². The molecule has 0 aliphatic heterocycles. The van der Waals surface area contributed by atoms with Crippen molar-refractivity contribution in [1.29, 1.82) is 0 Å². The van der Waals surface area contributed by atoms with E-state index in [2.05, 4.69) is 19.2 Å². The molecule has 0 aromatic heterocycles. The quantitative estimate of drug-likeness (QED) is 0.757. The van der Waals surface area contributed by atoms with Crippen LogP contribution in [-0.4, -0.2) is 18.4 Å². The third kappa shape index (κ3) is 4.31. The second-order valence-electron chi connectivity index (χ2n) is 7.24. The molecular formula is C22H28N2O2. The van der Waals surface area contributed by atoms with Gasteiger partial charge in [-0.15, -0.1) is 0 Å². The van der Waals surface area contributed by atoms with Crippen LogP contribution in [0.15, 0.2) is 54.6 Å². The lowest BCUT2D eigenvalue weighted by Crippen LogP contribution is -2.47. The molecule has 0 unspecified atom stereocenters. The summed E-state index contributed by atoms with van der Waals surface area (Å²) < 4.78 is 0. The van der Waals surface area contributed by atoms with E-state index in [9.17, 15) is 9.59 Å². The second kappa shape index (κ2) is 8.17. The Kier molecular flexibility index (Phi) is 6.19. The molecule has 0 spiro atoms. The second-order valence-corrected chi connectivity index (χ2v) is 7.24. The van der Waals surface area contributed by atoms with Crippen LogP contribution in [-0.2, 0) is 9.59 Å². The number of hydrogen-bond donors (Lipinski definition) is 1. The summed E-state index contributed by atoms with van der Waals surface area (Å²) in [5, 5.41) is 2.87. The van der Waals surface area contributed by atoms with Crippen LogP contribution in [0.2, 0.25) is 0 Å². The summed E-state index contributed by atoms with van der Waals surface area (Å²) in [6.45, 7) is 9.99. The molecule has 2 aromatic carbocycles. The number of amides is 2. The molecule has 138 valence electrons. The van der Waals surface area contributed by atoms with Crippen LogP contribution in [0.4, 0.5) is 11.4 Å². The molecule has 0 heterocycles. The Balaban J connectivity index is 2.16. The van der Waals surface area contributed by atoms with E-state index < -0.39 is 5.41 Å². The van der Waals surface area contributed by atoms with E-state index in [4.69, 9.17) is 0 Å². The lowest BCUT2D eigenvalue weighted by atomic mass is 9.89. The maximum Gasteiger partial charge on any atom is 0.242 e. The van der Waals surface area contributed by atoms with Crippen molar-refractivity contribution in [3.63, 3.8) is 0 Å². The maximum absolute atomic E-state index is 13.0. The molecule has 2 aromatic rings. The molecular weight excluding hydrogens is 324 g/mol. The number of hydrogen-bond acceptors (Lipinski definition) is 2. The summed E-state index contributed by atoms with van der Waals surface area (Å²) in [6, 6.07) is 17.2. The predicted molar refractivity (Wildman–Crippen MR) is 107 cm³/mol. The minimum absolute atomic E-state index is 0.220. The van der Waals surface area contributed by atoms with Gasteiger partial charge in [0.05, 0.1) is 0 Å². The number of benzene rings is 2. The van der Waals surface area contributed by atoms with Gasteiger partial charge in [0, 0.05) is 17.9 Å². The number of para-hydroxylation sites is 1. The van der Waals surface area contributed by atoms with Crippen molar-refractivity contribution in [3.8, 4) is 0 Å².